The predicted octanol–water partition coefficient (Wildman–Crippen LogP) is 1.57. The Morgan fingerprint density at radius 1 is 1.42 bits per heavy atom. The van der Waals surface area contributed by atoms with Crippen molar-refractivity contribution in [1.29, 1.82) is 0 Å². The Kier molecular flexibility index (Phi) is 2.00. The van der Waals surface area contributed by atoms with Gasteiger partial charge < -0.3 is 5.32 Å². The van der Waals surface area contributed by atoms with Crippen LogP contribution in [0.3, 0.4) is 0 Å². The Balaban J connectivity index is 2.50. The van der Waals surface area contributed by atoms with Crippen LogP contribution in [-0.4, -0.2) is 10.9 Å². The van der Waals surface area contributed by atoms with Gasteiger partial charge in [0.05, 0.1) is 9.26 Å². The average molecular weight is 274 g/mol. The number of nitrogens with zero attached hydrogens (tertiary/aromatic N) is 1. The first-order chi connectivity index (χ1) is 5.77. The van der Waals surface area contributed by atoms with Gasteiger partial charge in [-0.2, -0.15) is 0 Å². The molecule has 1 amide bonds. The highest BCUT2D eigenvalue weighted by Gasteiger charge is 2.16. The van der Waals surface area contributed by atoms with Crippen LogP contribution in [0, 0.1) is 3.57 Å². The fourth-order valence-electron chi connectivity index (χ4n) is 1.25. The maximum atomic E-state index is 11.0. The number of carbonyl (C=O) groups excluding carboxylic acids is 1. The number of nitrogens with one attached hydrogen (secondary N) is 1. The Morgan fingerprint density at radius 3 is 3.08 bits per heavy atom. The van der Waals surface area contributed by atoms with E-state index in [0.29, 0.717) is 6.42 Å². The molecule has 0 aliphatic carbocycles. The summed E-state index contributed by atoms with van der Waals surface area (Å²) in [6.45, 7) is 0. The second kappa shape index (κ2) is 3.01. The van der Waals surface area contributed by atoms with E-state index in [2.05, 4.69) is 32.9 Å². The molecule has 1 aliphatic rings. The first kappa shape index (κ1) is 7.97. The number of hydrogen-bond acceptors (Lipinski definition) is 2. The lowest BCUT2D eigenvalue weighted by atomic mass is 10.1. The summed E-state index contributed by atoms with van der Waals surface area (Å²) in [6, 6.07) is 0. The molecule has 1 aromatic heterocycles. The Hall–Kier alpha value is -0.650. The number of aryl methyl sites for hydroxylation is 1. The highest BCUT2D eigenvalue weighted by molar-refractivity contribution is 14.1. The number of aromatic nitrogens is 1. The van der Waals surface area contributed by atoms with Gasteiger partial charge >= 0.3 is 0 Å². The lowest BCUT2D eigenvalue weighted by Gasteiger charge is -2.16. The van der Waals surface area contributed by atoms with Crippen molar-refractivity contribution >= 4 is 34.2 Å². The number of pyridine rings is 1. The minimum absolute atomic E-state index is 0.103. The summed E-state index contributed by atoms with van der Waals surface area (Å²) in [5, 5.41) is 2.84. The molecule has 0 aromatic carbocycles. The molecule has 1 aliphatic heterocycles. The Bertz CT molecular complexity index is 338. The maximum absolute atomic E-state index is 11.0. The summed E-state index contributed by atoms with van der Waals surface area (Å²) in [5.41, 5.74) is 2.09. The van der Waals surface area contributed by atoms with Crippen molar-refractivity contribution in [3.05, 3.63) is 21.5 Å². The molecule has 1 aromatic rings. The molecular formula is C8H7IN2O. The first-order valence-corrected chi connectivity index (χ1v) is 4.77. The number of carbonyl (C=O) groups is 1. The maximum Gasteiger partial charge on any atom is 0.224 e. The van der Waals surface area contributed by atoms with E-state index in [1.165, 1.54) is 0 Å². The highest BCUT2D eigenvalue weighted by Crippen LogP contribution is 2.26. The summed E-state index contributed by atoms with van der Waals surface area (Å²) >= 11 is 2.18. The standard InChI is InChI=1S/C8H7IN2O/c9-6-4-10-3-5-1-2-7(12)11-8(5)6/h3-4H,1-2H2,(H,11,12). The van der Waals surface area contributed by atoms with Gasteiger partial charge in [-0.15, -0.1) is 0 Å². The molecule has 0 unspecified atom stereocenters. The van der Waals surface area contributed by atoms with E-state index in [9.17, 15) is 4.79 Å². The van der Waals surface area contributed by atoms with E-state index >= 15 is 0 Å². The minimum atomic E-state index is 0.103. The number of amides is 1. The smallest absolute Gasteiger partial charge is 0.224 e. The molecule has 62 valence electrons. The Labute approximate surface area is 83.7 Å². The van der Waals surface area contributed by atoms with Crippen molar-refractivity contribution in [2.45, 2.75) is 12.8 Å². The third-order valence-corrected chi connectivity index (χ3v) is 2.68. The van der Waals surface area contributed by atoms with E-state index in [-0.39, 0.29) is 5.91 Å². The van der Waals surface area contributed by atoms with Crippen LogP contribution < -0.4 is 5.32 Å². The van der Waals surface area contributed by atoms with Crippen molar-refractivity contribution in [3.8, 4) is 0 Å². The summed E-state index contributed by atoms with van der Waals surface area (Å²) in [6.07, 6.45) is 4.96. The lowest BCUT2D eigenvalue weighted by molar-refractivity contribution is -0.116. The van der Waals surface area contributed by atoms with Crippen LogP contribution >= 0.6 is 22.6 Å². The van der Waals surface area contributed by atoms with E-state index in [0.717, 1.165) is 21.2 Å². The summed E-state index contributed by atoms with van der Waals surface area (Å²) in [4.78, 5) is 15.1. The van der Waals surface area contributed by atoms with Crippen LogP contribution in [0.25, 0.3) is 0 Å². The second-order valence-electron chi connectivity index (χ2n) is 2.70. The molecule has 0 atom stereocenters. The van der Waals surface area contributed by atoms with Gasteiger partial charge in [0.15, 0.2) is 0 Å². The summed E-state index contributed by atoms with van der Waals surface area (Å²) < 4.78 is 1.01. The van der Waals surface area contributed by atoms with E-state index in [1.54, 1.807) is 6.20 Å². The fraction of sp³-hybridized carbons (Fsp3) is 0.250. The van der Waals surface area contributed by atoms with Gasteiger partial charge in [0.2, 0.25) is 5.91 Å². The van der Waals surface area contributed by atoms with Crippen LogP contribution in [-0.2, 0) is 11.2 Å². The van der Waals surface area contributed by atoms with E-state index < -0.39 is 0 Å². The third kappa shape index (κ3) is 1.31. The van der Waals surface area contributed by atoms with Crippen LogP contribution in [0.2, 0.25) is 0 Å². The molecule has 1 N–H and O–H groups in total. The summed E-state index contributed by atoms with van der Waals surface area (Å²) in [5.74, 6) is 0.103. The zero-order valence-corrected chi connectivity index (χ0v) is 8.46. The van der Waals surface area contributed by atoms with Crippen molar-refractivity contribution < 1.29 is 4.79 Å². The molecule has 3 nitrogen and oxygen atoms in total. The monoisotopic (exact) mass is 274 g/mol. The molecule has 0 saturated heterocycles. The molecule has 2 rings (SSSR count). The van der Waals surface area contributed by atoms with Crippen LogP contribution in [0.5, 0.6) is 0 Å². The van der Waals surface area contributed by atoms with Crippen LogP contribution in [0.4, 0.5) is 5.69 Å². The largest absolute Gasteiger partial charge is 0.325 e. The van der Waals surface area contributed by atoms with Crippen molar-refractivity contribution in [2.75, 3.05) is 5.32 Å². The third-order valence-electron chi connectivity index (χ3n) is 1.86. The molecule has 0 spiro atoms. The van der Waals surface area contributed by atoms with Gasteiger partial charge in [-0.05, 0) is 34.6 Å². The van der Waals surface area contributed by atoms with Gasteiger partial charge in [-0.3, -0.25) is 9.78 Å². The van der Waals surface area contributed by atoms with Crippen LogP contribution in [0.1, 0.15) is 12.0 Å². The SMILES string of the molecule is O=C1CCc2cncc(I)c2N1. The Morgan fingerprint density at radius 2 is 2.25 bits per heavy atom. The van der Waals surface area contributed by atoms with E-state index in [4.69, 9.17) is 0 Å². The predicted molar refractivity (Wildman–Crippen MR) is 53.9 cm³/mol. The van der Waals surface area contributed by atoms with Gasteiger partial charge in [-0.1, -0.05) is 0 Å². The minimum Gasteiger partial charge on any atom is -0.325 e. The van der Waals surface area contributed by atoms with Crippen molar-refractivity contribution in [2.24, 2.45) is 0 Å². The zero-order chi connectivity index (χ0) is 8.55. The van der Waals surface area contributed by atoms with E-state index in [1.807, 2.05) is 6.20 Å². The molecule has 4 heteroatoms. The number of halogens is 1. The summed E-state index contributed by atoms with van der Waals surface area (Å²) in [7, 11) is 0. The lowest BCUT2D eigenvalue weighted by Crippen LogP contribution is -2.20. The van der Waals surface area contributed by atoms with Gasteiger partial charge in [-0.25, -0.2) is 0 Å². The topological polar surface area (TPSA) is 42.0 Å². The van der Waals surface area contributed by atoms with Crippen LogP contribution in [0.15, 0.2) is 12.4 Å². The fourth-order valence-corrected chi connectivity index (χ4v) is 1.90. The molecule has 0 radical (unpaired) electrons. The molecule has 12 heavy (non-hydrogen) atoms. The number of anilines is 1. The first-order valence-electron chi connectivity index (χ1n) is 3.69. The zero-order valence-electron chi connectivity index (χ0n) is 6.30. The molecule has 0 bridgehead atoms. The molecular weight excluding hydrogens is 267 g/mol. The molecule has 0 fully saturated rings. The number of hydrogen-bond donors (Lipinski definition) is 1. The highest BCUT2D eigenvalue weighted by atomic mass is 127. The van der Waals surface area contributed by atoms with Gasteiger partial charge in [0, 0.05) is 18.8 Å². The second-order valence-corrected chi connectivity index (χ2v) is 3.87. The average Bonchev–Trinajstić information content (AvgIpc) is 2.07. The molecule has 0 saturated carbocycles. The quantitative estimate of drug-likeness (QED) is 0.730. The van der Waals surface area contributed by atoms with Gasteiger partial charge in [0.1, 0.15) is 0 Å². The normalized spacial score (nSPS) is 15.2. The van der Waals surface area contributed by atoms with Crippen molar-refractivity contribution in [1.82, 2.24) is 4.98 Å². The molecule has 2 heterocycles. The van der Waals surface area contributed by atoms with Crippen molar-refractivity contribution in [3.63, 3.8) is 0 Å². The number of fused-ring (bicyclic) bond motifs is 1. The number of rotatable bonds is 0. The van der Waals surface area contributed by atoms with Gasteiger partial charge in [0.25, 0.3) is 0 Å².